The number of rotatable bonds is 5. The summed E-state index contributed by atoms with van der Waals surface area (Å²) in [5.74, 6) is 4.68. The smallest absolute Gasteiger partial charge is 0.307 e. The summed E-state index contributed by atoms with van der Waals surface area (Å²) in [6.45, 7) is 0. The summed E-state index contributed by atoms with van der Waals surface area (Å²) in [4.78, 5) is 23.2. The summed E-state index contributed by atoms with van der Waals surface area (Å²) in [5.41, 5.74) is 2.96. The number of anilines is 1. The standard InChI is InChI=1S/C19H19N3O4.ClH/c20-21-11-12-1-3-13(4-2-12)19(25)22-15-6-8-17-14(9-15)5-7-16(26-17)10-18(23)24;/h1-4,6,8-9,11,16H,5,7,10,20H2,(H,22,25)(H,23,24);1H. The van der Waals surface area contributed by atoms with Crippen LogP contribution in [0.25, 0.3) is 0 Å². The van der Waals surface area contributed by atoms with Gasteiger partial charge in [0.25, 0.3) is 5.91 Å². The fourth-order valence-corrected chi connectivity index (χ4v) is 2.87. The Kier molecular flexibility index (Phi) is 6.79. The predicted octanol–water partition coefficient (Wildman–Crippen LogP) is 2.82. The minimum absolute atomic E-state index is 0. The van der Waals surface area contributed by atoms with Gasteiger partial charge in [0.2, 0.25) is 0 Å². The Bertz CT molecular complexity index is 853. The molecule has 0 saturated carbocycles. The van der Waals surface area contributed by atoms with Crippen molar-refractivity contribution in [1.29, 1.82) is 0 Å². The number of aryl methyl sites for hydroxylation is 1. The highest BCUT2D eigenvalue weighted by atomic mass is 35.5. The molecule has 142 valence electrons. The van der Waals surface area contributed by atoms with E-state index in [0.29, 0.717) is 29.8 Å². The van der Waals surface area contributed by atoms with Gasteiger partial charge in [0, 0.05) is 11.3 Å². The number of hydrazone groups is 1. The number of ether oxygens (including phenoxy) is 1. The van der Waals surface area contributed by atoms with Crippen molar-refractivity contribution < 1.29 is 19.4 Å². The van der Waals surface area contributed by atoms with Crippen molar-refractivity contribution in [3.05, 3.63) is 59.2 Å². The molecule has 2 aromatic rings. The topological polar surface area (TPSA) is 114 Å². The lowest BCUT2D eigenvalue weighted by Gasteiger charge is -2.25. The molecule has 8 heteroatoms. The summed E-state index contributed by atoms with van der Waals surface area (Å²) >= 11 is 0. The molecular formula is C19H20ClN3O4. The van der Waals surface area contributed by atoms with E-state index in [4.69, 9.17) is 15.7 Å². The number of fused-ring (bicyclic) bond motifs is 1. The minimum atomic E-state index is -0.869. The second-order valence-corrected chi connectivity index (χ2v) is 6.05. The third-order valence-electron chi connectivity index (χ3n) is 4.15. The van der Waals surface area contributed by atoms with Crippen molar-refractivity contribution in [3.63, 3.8) is 0 Å². The fraction of sp³-hybridized carbons (Fsp3) is 0.211. The average molecular weight is 390 g/mol. The molecule has 3 rings (SSSR count). The molecule has 7 nitrogen and oxygen atoms in total. The first-order chi connectivity index (χ1) is 12.5. The molecule has 0 aromatic heterocycles. The van der Waals surface area contributed by atoms with Gasteiger partial charge in [-0.2, -0.15) is 5.10 Å². The number of carboxylic acid groups (broad SMARTS) is 1. The first kappa shape index (κ1) is 20.3. The van der Waals surface area contributed by atoms with Gasteiger partial charge < -0.3 is 21.0 Å². The molecule has 1 unspecified atom stereocenters. The number of amides is 1. The number of carbonyl (C=O) groups excluding carboxylic acids is 1. The lowest BCUT2D eigenvalue weighted by Crippen LogP contribution is -2.25. The Morgan fingerprint density at radius 1 is 1.26 bits per heavy atom. The Balaban J connectivity index is 0.00000261. The van der Waals surface area contributed by atoms with Crippen LogP contribution in [0.1, 0.15) is 34.3 Å². The van der Waals surface area contributed by atoms with Crippen molar-refractivity contribution >= 4 is 36.2 Å². The van der Waals surface area contributed by atoms with E-state index in [2.05, 4.69) is 10.4 Å². The minimum Gasteiger partial charge on any atom is -0.490 e. The molecule has 0 aliphatic carbocycles. The summed E-state index contributed by atoms with van der Waals surface area (Å²) in [6, 6.07) is 12.3. The lowest BCUT2D eigenvalue weighted by molar-refractivity contribution is -0.139. The molecule has 1 heterocycles. The zero-order valence-corrected chi connectivity index (χ0v) is 15.2. The summed E-state index contributed by atoms with van der Waals surface area (Å²) < 4.78 is 5.71. The van der Waals surface area contributed by atoms with Gasteiger partial charge in [0.05, 0.1) is 12.6 Å². The number of carboxylic acids is 1. The van der Waals surface area contributed by atoms with Crippen LogP contribution in [0.4, 0.5) is 5.69 Å². The molecular weight excluding hydrogens is 370 g/mol. The Morgan fingerprint density at radius 2 is 2.00 bits per heavy atom. The lowest BCUT2D eigenvalue weighted by atomic mass is 10.00. The Hall–Kier alpha value is -3.06. The number of halogens is 1. The van der Waals surface area contributed by atoms with E-state index in [0.717, 1.165) is 11.1 Å². The SMILES string of the molecule is Cl.NN=Cc1ccc(C(=O)Nc2ccc3c(c2)CCC(CC(=O)O)O3)cc1. The van der Waals surface area contributed by atoms with E-state index in [1.807, 2.05) is 6.07 Å². The van der Waals surface area contributed by atoms with Crippen LogP contribution in [0.2, 0.25) is 0 Å². The monoisotopic (exact) mass is 389 g/mol. The van der Waals surface area contributed by atoms with Crippen molar-refractivity contribution in [2.24, 2.45) is 10.9 Å². The Labute approximate surface area is 162 Å². The molecule has 27 heavy (non-hydrogen) atoms. The van der Waals surface area contributed by atoms with Gasteiger partial charge in [-0.3, -0.25) is 9.59 Å². The molecule has 1 aliphatic rings. The van der Waals surface area contributed by atoms with Crippen LogP contribution in [0.15, 0.2) is 47.6 Å². The number of hydrogen-bond acceptors (Lipinski definition) is 5. The molecule has 0 radical (unpaired) electrons. The third kappa shape index (κ3) is 5.21. The highest BCUT2D eigenvalue weighted by Crippen LogP contribution is 2.31. The van der Waals surface area contributed by atoms with E-state index in [1.54, 1.807) is 36.4 Å². The van der Waals surface area contributed by atoms with E-state index >= 15 is 0 Å². The van der Waals surface area contributed by atoms with Crippen LogP contribution in [0, 0.1) is 0 Å². The summed E-state index contributed by atoms with van der Waals surface area (Å²) in [6.07, 6.45) is 2.53. The third-order valence-corrected chi connectivity index (χ3v) is 4.15. The second kappa shape index (κ2) is 9.05. The maximum Gasteiger partial charge on any atom is 0.307 e. The van der Waals surface area contributed by atoms with Crippen molar-refractivity contribution in [2.45, 2.75) is 25.4 Å². The molecule has 0 fully saturated rings. The average Bonchev–Trinajstić information content (AvgIpc) is 2.62. The van der Waals surface area contributed by atoms with Crippen LogP contribution in [0.5, 0.6) is 5.75 Å². The number of benzene rings is 2. The van der Waals surface area contributed by atoms with Crippen LogP contribution < -0.4 is 15.9 Å². The number of nitrogens with zero attached hydrogens (tertiary/aromatic N) is 1. The van der Waals surface area contributed by atoms with Crippen LogP contribution >= 0.6 is 12.4 Å². The number of nitrogens with one attached hydrogen (secondary N) is 1. The van der Waals surface area contributed by atoms with Gasteiger partial charge in [-0.15, -0.1) is 12.4 Å². The van der Waals surface area contributed by atoms with Crippen molar-refractivity contribution in [3.8, 4) is 5.75 Å². The van der Waals surface area contributed by atoms with E-state index in [9.17, 15) is 9.59 Å². The molecule has 4 N–H and O–H groups in total. The molecule has 1 amide bonds. The number of hydrogen-bond donors (Lipinski definition) is 3. The maximum absolute atomic E-state index is 12.4. The van der Waals surface area contributed by atoms with Gasteiger partial charge in [-0.05, 0) is 54.3 Å². The number of nitrogens with two attached hydrogens (primary N) is 1. The molecule has 0 bridgehead atoms. The molecule has 0 spiro atoms. The van der Waals surface area contributed by atoms with Gasteiger partial charge in [-0.25, -0.2) is 0 Å². The van der Waals surface area contributed by atoms with Crippen molar-refractivity contribution in [2.75, 3.05) is 5.32 Å². The molecule has 1 aliphatic heterocycles. The normalized spacial score (nSPS) is 15.3. The first-order valence-corrected chi connectivity index (χ1v) is 8.21. The Morgan fingerprint density at radius 3 is 2.67 bits per heavy atom. The quantitative estimate of drug-likeness (QED) is 0.413. The molecule has 0 saturated heterocycles. The van der Waals surface area contributed by atoms with E-state index in [1.165, 1.54) is 6.21 Å². The largest absolute Gasteiger partial charge is 0.490 e. The van der Waals surface area contributed by atoms with Gasteiger partial charge in [-0.1, -0.05) is 12.1 Å². The van der Waals surface area contributed by atoms with Gasteiger partial charge >= 0.3 is 5.97 Å². The van der Waals surface area contributed by atoms with Crippen LogP contribution in [-0.4, -0.2) is 29.3 Å². The zero-order valence-electron chi connectivity index (χ0n) is 14.4. The first-order valence-electron chi connectivity index (χ1n) is 8.21. The highest BCUT2D eigenvalue weighted by Gasteiger charge is 2.22. The summed E-state index contributed by atoms with van der Waals surface area (Å²) in [7, 11) is 0. The predicted molar refractivity (Wildman–Crippen MR) is 105 cm³/mol. The van der Waals surface area contributed by atoms with Crippen molar-refractivity contribution in [1.82, 2.24) is 0 Å². The van der Waals surface area contributed by atoms with Crippen LogP contribution in [0.3, 0.4) is 0 Å². The number of carbonyl (C=O) groups is 2. The zero-order chi connectivity index (χ0) is 18.5. The fourth-order valence-electron chi connectivity index (χ4n) is 2.87. The van der Waals surface area contributed by atoms with Gasteiger partial charge in [0.15, 0.2) is 0 Å². The van der Waals surface area contributed by atoms with Gasteiger partial charge in [0.1, 0.15) is 11.9 Å². The van der Waals surface area contributed by atoms with Crippen LogP contribution in [-0.2, 0) is 11.2 Å². The number of aliphatic carboxylic acids is 1. The molecule has 2 aromatic carbocycles. The van der Waals surface area contributed by atoms with E-state index in [-0.39, 0.29) is 30.8 Å². The molecule has 1 atom stereocenters. The van der Waals surface area contributed by atoms with E-state index < -0.39 is 5.97 Å². The second-order valence-electron chi connectivity index (χ2n) is 6.05. The highest BCUT2D eigenvalue weighted by molar-refractivity contribution is 6.04. The summed E-state index contributed by atoms with van der Waals surface area (Å²) in [5, 5.41) is 15.2. The maximum atomic E-state index is 12.4.